The van der Waals surface area contributed by atoms with Crippen LogP contribution >= 0.6 is 11.8 Å². The summed E-state index contributed by atoms with van der Waals surface area (Å²) < 4.78 is 0. The van der Waals surface area contributed by atoms with Crippen molar-refractivity contribution in [2.24, 2.45) is 5.92 Å². The maximum absolute atomic E-state index is 2.28. The number of hydrogen-bond donors (Lipinski definition) is 0. The Kier molecular flexibility index (Phi) is 3.38. The maximum Gasteiger partial charge on any atom is 0.00471 e. The van der Waals surface area contributed by atoms with Crippen molar-refractivity contribution in [2.75, 3.05) is 5.75 Å². The molecule has 0 aromatic heterocycles. The van der Waals surface area contributed by atoms with Gasteiger partial charge < -0.3 is 0 Å². The summed E-state index contributed by atoms with van der Waals surface area (Å²) in [4.78, 5) is 0. The number of hydrogen-bond acceptors (Lipinski definition) is 1. The van der Waals surface area contributed by atoms with Gasteiger partial charge in [0.2, 0.25) is 0 Å². The minimum atomic E-state index is 1.05. The molecule has 0 atom stereocenters. The molecular formula is C11H20S. The maximum atomic E-state index is 2.28. The summed E-state index contributed by atoms with van der Waals surface area (Å²) >= 11 is 2.28. The van der Waals surface area contributed by atoms with Crippen LogP contribution in [0.2, 0.25) is 0 Å². The summed E-state index contributed by atoms with van der Waals surface area (Å²) in [5, 5.41) is 1.05. The lowest BCUT2D eigenvalue weighted by Crippen LogP contribution is -2.02. The molecule has 0 aliphatic heterocycles. The lowest BCUT2D eigenvalue weighted by atomic mass is 10.1. The van der Waals surface area contributed by atoms with Crippen LogP contribution in [0.3, 0.4) is 0 Å². The van der Waals surface area contributed by atoms with E-state index in [2.05, 4.69) is 11.8 Å². The zero-order chi connectivity index (χ0) is 8.23. The first kappa shape index (κ1) is 8.93. The molecule has 2 aliphatic rings. The molecule has 0 nitrogen and oxygen atoms in total. The topological polar surface area (TPSA) is 0 Å². The van der Waals surface area contributed by atoms with E-state index in [-0.39, 0.29) is 0 Å². The average Bonchev–Trinajstić information content (AvgIpc) is 2.74. The van der Waals surface area contributed by atoms with Crippen molar-refractivity contribution in [3.05, 3.63) is 0 Å². The molecule has 0 heterocycles. The first-order valence-electron chi connectivity index (χ1n) is 5.57. The molecule has 0 aromatic carbocycles. The van der Waals surface area contributed by atoms with Crippen molar-refractivity contribution in [1.29, 1.82) is 0 Å². The van der Waals surface area contributed by atoms with E-state index in [1.807, 2.05) is 0 Å². The van der Waals surface area contributed by atoms with Crippen molar-refractivity contribution >= 4 is 11.8 Å². The van der Waals surface area contributed by atoms with Gasteiger partial charge in [-0.1, -0.05) is 25.7 Å². The summed E-state index contributed by atoms with van der Waals surface area (Å²) in [7, 11) is 0. The van der Waals surface area contributed by atoms with E-state index >= 15 is 0 Å². The van der Waals surface area contributed by atoms with Gasteiger partial charge in [-0.3, -0.25) is 0 Å². The lowest BCUT2D eigenvalue weighted by Gasteiger charge is -2.12. The van der Waals surface area contributed by atoms with Crippen molar-refractivity contribution in [2.45, 2.75) is 56.6 Å². The molecule has 0 amide bonds. The lowest BCUT2D eigenvalue weighted by molar-refractivity contribution is 0.621. The smallest absolute Gasteiger partial charge is 0.00471 e. The van der Waals surface area contributed by atoms with Crippen LogP contribution in [0.25, 0.3) is 0 Å². The van der Waals surface area contributed by atoms with Crippen molar-refractivity contribution in [3.8, 4) is 0 Å². The van der Waals surface area contributed by atoms with Gasteiger partial charge in [-0.25, -0.2) is 0 Å². The second-order valence-corrected chi connectivity index (χ2v) is 5.72. The van der Waals surface area contributed by atoms with Crippen molar-refractivity contribution < 1.29 is 0 Å². The quantitative estimate of drug-likeness (QED) is 0.642. The Hall–Kier alpha value is 0.350. The van der Waals surface area contributed by atoms with Gasteiger partial charge in [-0.15, -0.1) is 0 Å². The van der Waals surface area contributed by atoms with Crippen LogP contribution in [0.1, 0.15) is 51.4 Å². The number of thioether (sulfide) groups is 1. The van der Waals surface area contributed by atoms with Gasteiger partial charge in [-0.05, 0) is 37.4 Å². The summed E-state index contributed by atoms with van der Waals surface area (Å²) in [5.74, 6) is 2.57. The Bertz CT molecular complexity index is 105. The van der Waals surface area contributed by atoms with E-state index in [1.54, 1.807) is 0 Å². The predicted molar refractivity (Wildman–Crippen MR) is 56.7 cm³/mol. The molecule has 12 heavy (non-hydrogen) atoms. The van der Waals surface area contributed by atoms with Crippen LogP contribution in [-0.4, -0.2) is 11.0 Å². The summed E-state index contributed by atoms with van der Waals surface area (Å²) in [6, 6.07) is 0. The third kappa shape index (κ3) is 2.42. The molecule has 70 valence electrons. The highest BCUT2D eigenvalue weighted by Crippen LogP contribution is 2.34. The molecule has 0 N–H and O–H groups in total. The summed E-state index contributed by atoms with van der Waals surface area (Å²) in [5.41, 5.74) is 0. The Morgan fingerprint density at radius 3 is 2.08 bits per heavy atom. The highest BCUT2D eigenvalue weighted by molar-refractivity contribution is 7.99. The molecule has 1 heteroatoms. The molecule has 2 rings (SSSR count). The highest BCUT2D eigenvalue weighted by Gasteiger charge is 2.19. The molecule has 0 aromatic rings. The van der Waals surface area contributed by atoms with E-state index in [0.717, 1.165) is 11.2 Å². The first-order chi connectivity index (χ1) is 5.95. The minimum absolute atomic E-state index is 1.05. The highest BCUT2D eigenvalue weighted by atomic mass is 32.2. The fourth-order valence-electron chi connectivity index (χ4n) is 2.50. The Labute approximate surface area is 80.5 Å². The molecule has 0 saturated heterocycles. The third-order valence-electron chi connectivity index (χ3n) is 3.34. The molecule has 0 unspecified atom stereocenters. The fourth-order valence-corrected chi connectivity index (χ4v) is 4.05. The summed E-state index contributed by atoms with van der Waals surface area (Å²) in [6.45, 7) is 0. The van der Waals surface area contributed by atoms with Crippen LogP contribution in [0.5, 0.6) is 0 Å². The molecule has 2 aliphatic carbocycles. The number of rotatable bonds is 3. The van der Waals surface area contributed by atoms with Gasteiger partial charge in [0.05, 0.1) is 0 Å². The Balaban J connectivity index is 1.60. The Morgan fingerprint density at radius 2 is 1.42 bits per heavy atom. The van der Waals surface area contributed by atoms with E-state index in [4.69, 9.17) is 0 Å². The first-order valence-corrected chi connectivity index (χ1v) is 6.61. The van der Waals surface area contributed by atoms with Gasteiger partial charge >= 0.3 is 0 Å². The largest absolute Gasteiger partial charge is 0.158 e. The van der Waals surface area contributed by atoms with Crippen molar-refractivity contribution in [3.63, 3.8) is 0 Å². The third-order valence-corrected chi connectivity index (χ3v) is 4.95. The second kappa shape index (κ2) is 4.55. The monoisotopic (exact) mass is 184 g/mol. The SMILES string of the molecule is C1CCC(CSC2CCCC2)C1. The average molecular weight is 184 g/mol. The molecule has 2 fully saturated rings. The summed E-state index contributed by atoms with van der Waals surface area (Å²) in [6.07, 6.45) is 12.1. The van der Waals surface area contributed by atoms with E-state index < -0.39 is 0 Å². The van der Waals surface area contributed by atoms with Gasteiger partial charge in [0.15, 0.2) is 0 Å². The van der Waals surface area contributed by atoms with Crippen molar-refractivity contribution in [1.82, 2.24) is 0 Å². The second-order valence-electron chi connectivity index (χ2n) is 4.39. The molecule has 0 radical (unpaired) electrons. The van der Waals surface area contributed by atoms with Gasteiger partial charge in [0.25, 0.3) is 0 Å². The molecule has 0 spiro atoms. The van der Waals surface area contributed by atoms with Crippen LogP contribution < -0.4 is 0 Å². The molecule has 2 saturated carbocycles. The predicted octanol–water partition coefficient (Wildman–Crippen LogP) is 3.85. The Morgan fingerprint density at radius 1 is 0.833 bits per heavy atom. The molecule has 0 bridgehead atoms. The van der Waals surface area contributed by atoms with E-state index in [9.17, 15) is 0 Å². The van der Waals surface area contributed by atoms with Crippen LogP contribution in [0.15, 0.2) is 0 Å². The van der Waals surface area contributed by atoms with Crippen LogP contribution in [-0.2, 0) is 0 Å². The molecular weight excluding hydrogens is 164 g/mol. The zero-order valence-electron chi connectivity index (χ0n) is 7.93. The van der Waals surface area contributed by atoms with E-state index in [1.165, 1.54) is 57.1 Å². The van der Waals surface area contributed by atoms with Gasteiger partial charge in [0, 0.05) is 5.25 Å². The van der Waals surface area contributed by atoms with Crippen LogP contribution in [0.4, 0.5) is 0 Å². The minimum Gasteiger partial charge on any atom is -0.158 e. The fraction of sp³-hybridized carbons (Fsp3) is 1.00. The van der Waals surface area contributed by atoms with Crippen LogP contribution in [0, 0.1) is 5.92 Å². The standard InChI is InChI=1S/C11H20S/c1-2-6-10(5-1)9-12-11-7-3-4-8-11/h10-11H,1-9H2. The normalized spacial score (nSPS) is 27.0. The van der Waals surface area contributed by atoms with Gasteiger partial charge in [0.1, 0.15) is 0 Å². The van der Waals surface area contributed by atoms with Gasteiger partial charge in [-0.2, -0.15) is 11.8 Å². The van der Waals surface area contributed by atoms with E-state index in [0.29, 0.717) is 0 Å². The zero-order valence-corrected chi connectivity index (χ0v) is 8.74.